The summed E-state index contributed by atoms with van der Waals surface area (Å²) in [5, 5.41) is 4.29. The second-order valence-corrected chi connectivity index (χ2v) is 7.13. The van der Waals surface area contributed by atoms with Gasteiger partial charge >= 0.3 is 5.97 Å². The van der Waals surface area contributed by atoms with Gasteiger partial charge in [0.15, 0.2) is 5.96 Å². The van der Waals surface area contributed by atoms with E-state index in [0.29, 0.717) is 23.6 Å². The predicted octanol–water partition coefficient (Wildman–Crippen LogP) is 2.30. The van der Waals surface area contributed by atoms with E-state index in [4.69, 9.17) is 9.15 Å². The number of furan rings is 1. The van der Waals surface area contributed by atoms with Crippen molar-refractivity contribution in [2.75, 3.05) is 45.2 Å². The summed E-state index contributed by atoms with van der Waals surface area (Å²) >= 11 is 1.46. The number of halogens is 1. The van der Waals surface area contributed by atoms with E-state index in [1.54, 1.807) is 20.0 Å². The standard InChI is InChI=1S/C18H26N6O3S.HI/c1-5-15-21-18(28-22-15)24-8-6-23(7-9-24)17(19-3)20-11-13-10-14(12(2)27-13)16(25)26-4;/h10H,5-9,11H2,1-4H3,(H,19,20);1H. The summed E-state index contributed by atoms with van der Waals surface area (Å²) in [5.74, 6) is 2.53. The number of anilines is 1. The van der Waals surface area contributed by atoms with Crippen molar-refractivity contribution < 1.29 is 13.9 Å². The van der Waals surface area contributed by atoms with E-state index in [2.05, 4.69) is 36.4 Å². The number of carbonyl (C=O) groups is 1. The number of methoxy groups -OCH3 is 1. The molecule has 0 amide bonds. The molecule has 1 saturated heterocycles. The zero-order valence-corrected chi connectivity index (χ0v) is 20.2. The SMILES string of the molecule is CCc1nsc(N2CCN(C(=NC)NCc3cc(C(=O)OC)c(C)o3)CC2)n1.I. The van der Waals surface area contributed by atoms with Gasteiger partial charge in [0.25, 0.3) is 0 Å². The Morgan fingerprint density at radius 1 is 1.38 bits per heavy atom. The van der Waals surface area contributed by atoms with E-state index in [0.717, 1.165) is 49.5 Å². The average Bonchev–Trinajstić information content (AvgIpc) is 3.35. The first-order chi connectivity index (χ1) is 13.5. The van der Waals surface area contributed by atoms with Crippen molar-refractivity contribution in [1.29, 1.82) is 0 Å². The summed E-state index contributed by atoms with van der Waals surface area (Å²) in [4.78, 5) is 25.1. The Labute approximate surface area is 191 Å². The Bertz CT molecular complexity index is 845. The highest BCUT2D eigenvalue weighted by Crippen LogP contribution is 2.19. The highest BCUT2D eigenvalue weighted by Gasteiger charge is 2.22. The number of nitrogens with zero attached hydrogens (tertiary/aromatic N) is 5. The van der Waals surface area contributed by atoms with Gasteiger partial charge in [-0.05, 0) is 13.0 Å². The monoisotopic (exact) mass is 534 g/mol. The van der Waals surface area contributed by atoms with Crippen LogP contribution in [-0.2, 0) is 17.7 Å². The lowest BCUT2D eigenvalue weighted by atomic mass is 10.2. The molecule has 1 aliphatic heterocycles. The molecule has 9 nitrogen and oxygen atoms in total. The Morgan fingerprint density at radius 2 is 2.10 bits per heavy atom. The maximum atomic E-state index is 11.7. The van der Waals surface area contributed by atoms with Crippen molar-refractivity contribution >= 4 is 52.6 Å². The Balaban J connectivity index is 0.00000300. The van der Waals surface area contributed by atoms with Gasteiger partial charge in [-0.25, -0.2) is 9.78 Å². The topological polar surface area (TPSA) is 96.1 Å². The number of nitrogens with one attached hydrogen (secondary N) is 1. The summed E-state index contributed by atoms with van der Waals surface area (Å²) in [5.41, 5.74) is 0.450. The summed E-state index contributed by atoms with van der Waals surface area (Å²) < 4.78 is 14.8. The minimum atomic E-state index is -0.393. The van der Waals surface area contributed by atoms with Gasteiger partial charge in [-0.15, -0.1) is 24.0 Å². The number of aliphatic imine (C=N–C) groups is 1. The third-order valence-corrected chi connectivity index (χ3v) is 5.44. The van der Waals surface area contributed by atoms with E-state index in [1.807, 2.05) is 0 Å². The second kappa shape index (κ2) is 10.8. The van der Waals surface area contributed by atoms with Gasteiger partial charge in [-0.2, -0.15) is 4.37 Å². The molecule has 3 rings (SSSR count). The van der Waals surface area contributed by atoms with Crippen molar-refractivity contribution in [1.82, 2.24) is 19.6 Å². The molecule has 0 saturated carbocycles. The molecule has 0 spiro atoms. The zero-order valence-electron chi connectivity index (χ0n) is 17.1. The van der Waals surface area contributed by atoms with Gasteiger partial charge in [-0.1, -0.05) is 6.92 Å². The molecule has 2 aromatic heterocycles. The highest BCUT2D eigenvalue weighted by molar-refractivity contribution is 14.0. The molecular weight excluding hydrogens is 507 g/mol. The third-order valence-electron chi connectivity index (χ3n) is 4.63. The smallest absolute Gasteiger partial charge is 0.341 e. The number of aryl methyl sites for hydroxylation is 2. The predicted molar refractivity (Wildman–Crippen MR) is 123 cm³/mol. The first-order valence-corrected chi connectivity index (χ1v) is 10.0. The zero-order chi connectivity index (χ0) is 20.1. The van der Waals surface area contributed by atoms with E-state index in [9.17, 15) is 4.79 Å². The molecule has 29 heavy (non-hydrogen) atoms. The van der Waals surface area contributed by atoms with Gasteiger partial charge in [0.2, 0.25) is 5.13 Å². The van der Waals surface area contributed by atoms with Crippen LogP contribution in [0.3, 0.4) is 0 Å². The van der Waals surface area contributed by atoms with E-state index in [1.165, 1.54) is 18.6 Å². The Kier molecular flexibility index (Phi) is 8.68. The molecule has 11 heteroatoms. The fourth-order valence-corrected chi connectivity index (χ4v) is 3.87. The molecule has 0 aliphatic carbocycles. The van der Waals surface area contributed by atoms with Crippen LogP contribution in [0.5, 0.6) is 0 Å². The number of hydrogen-bond donors (Lipinski definition) is 1. The molecule has 1 fully saturated rings. The van der Waals surface area contributed by atoms with Crippen LogP contribution in [0, 0.1) is 6.92 Å². The summed E-state index contributed by atoms with van der Waals surface area (Å²) in [6.45, 7) is 7.67. The number of piperazine rings is 1. The van der Waals surface area contributed by atoms with Crippen LogP contribution in [0.15, 0.2) is 15.5 Å². The number of esters is 1. The second-order valence-electron chi connectivity index (χ2n) is 6.40. The molecule has 160 valence electrons. The maximum absolute atomic E-state index is 11.7. The Morgan fingerprint density at radius 3 is 2.69 bits per heavy atom. The number of carbonyl (C=O) groups excluding carboxylic acids is 1. The van der Waals surface area contributed by atoms with Crippen molar-refractivity contribution in [3.05, 3.63) is 29.0 Å². The number of ether oxygens (including phenoxy) is 1. The molecule has 0 radical (unpaired) electrons. The number of rotatable bonds is 5. The largest absolute Gasteiger partial charge is 0.465 e. The van der Waals surface area contributed by atoms with Crippen molar-refractivity contribution in [2.45, 2.75) is 26.8 Å². The molecular formula is C18H27IN6O3S. The van der Waals surface area contributed by atoms with Crippen molar-refractivity contribution in [3.63, 3.8) is 0 Å². The molecule has 1 aliphatic rings. The van der Waals surface area contributed by atoms with Crippen LogP contribution < -0.4 is 10.2 Å². The molecule has 0 aromatic carbocycles. The molecule has 0 atom stereocenters. The molecule has 3 heterocycles. The summed E-state index contributed by atoms with van der Waals surface area (Å²) in [6, 6.07) is 1.71. The van der Waals surface area contributed by atoms with E-state index < -0.39 is 5.97 Å². The lowest BCUT2D eigenvalue weighted by molar-refractivity contribution is 0.0599. The Hall–Kier alpha value is -1.89. The fraction of sp³-hybridized carbons (Fsp3) is 0.556. The lowest BCUT2D eigenvalue weighted by Crippen LogP contribution is -2.52. The third kappa shape index (κ3) is 5.59. The van der Waals surface area contributed by atoms with Gasteiger partial charge in [0.05, 0.1) is 13.7 Å². The van der Waals surface area contributed by atoms with Crippen LogP contribution in [-0.4, -0.2) is 66.5 Å². The minimum Gasteiger partial charge on any atom is -0.465 e. The number of guanidine groups is 1. The van der Waals surface area contributed by atoms with Crippen LogP contribution >= 0.6 is 35.5 Å². The minimum absolute atomic E-state index is 0. The molecule has 0 unspecified atom stereocenters. The van der Waals surface area contributed by atoms with E-state index >= 15 is 0 Å². The van der Waals surface area contributed by atoms with Crippen LogP contribution in [0.25, 0.3) is 0 Å². The fourth-order valence-electron chi connectivity index (χ4n) is 3.07. The van der Waals surface area contributed by atoms with Gasteiger partial charge in [-0.3, -0.25) is 4.99 Å². The van der Waals surface area contributed by atoms with Gasteiger partial charge in [0.1, 0.15) is 22.9 Å². The van der Waals surface area contributed by atoms with Crippen LogP contribution in [0.4, 0.5) is 5.13 Å². The molecule has 2 aromatic rings. The van der Waals surface area contributed by atoms with Crippen molar-refractivity contribution in [3.8, 4) is 0 Å². The quantitative estimate of drug-likeness (QED) is 0.270. The molecule has 1 N–H and O–H groups in total. The number of hydrogen-bond acceptors (Lipinski definition) is 8. The van der Waals surface area contributed by atoms with Crippen LogP contribution in [0.2, 0.25) is 0 Å². The summed E-state index contributed by atoms with van der Waals surface area (Å²) in [6.07, 6.45) is 0.858. The van der Waals surface area contributed by atoms with Gasteiger partial charge in [0, 0.05) is 51.2 Å². The van der Waals surface area contributed by atoms with Crippen molar-refractivity contribution in [2.24, 2.45) is 4.99 Å². The lowest BCUT2D eigenvalue weighted by Gasteiger charge is -2.36. The highest BCUT2D eigenvalue weighted by atomic mass is 127. The first-order valence-electron chi connectivity index (χ1n) is 9.26. The normalized spacial score (nSPS) is 14.6. The van der Waals surface area contributed by atoms with Gasteiger partial charge < -0.3 is 24.3 Å². The first kappa shape index (κ1) is 23.4. The van der Waals surface area contributed by atoms with E-state index in [-0.39, 0.29) is 24.0 Å². The average molecular weight is 534 g/mol. The summed E-state index contributed by atoms with van der Waals surface area (Å²) in [7, 11) is 3.12. The van der Waals surface area contributed by atoms with Crippen LogP contribution in [0.1, 0.15) is 34.6 Å². The number of aromatic nitrogens is 2. The molecule has 0 bridgehead atoms. The maximum Gasteiger partial charge on any atom is 0.341 e.